The number of nitrogen functional groups attached to an aromatic ring is 1. The van der Waals surface area contributed by atoms with Gasteiger partial charge in [-0.3, -0.25) is 0 Å². The van der Waals surface area contributed by atoms with Gasteiger partial charge in [0.15, 0.2) is 5.82 Å². The molecule has 3 N–H and O–H groups in total. The lowest BCUT2D eigenvalue weighted by Gasteiger charge is -2.07. The molecule has 0 fully saturated rings. The number of nitrogens with zero attached hydrogens (tertiary/aromatic N) is 3. The summed E-state index contributed by atoms with van der Waals surface area (Å²) in [5.41, 5.74) is 5.38. The van der Waals surface area contributed by atoms with Gasteiger partial charge in [0.2, 0.25) is 0 Å². The average molecular weight is 155 g/mol. The summed E-state index contributed by atoms with van der Waals surface area (Å²) in [5, 5.41) is 11.0. The summed E-state index contributed by atoms with van der Waals surface area (Å²) in [6.45, 7) is 2.80. The maximum Gasteiger partial charge on any atom is 0.165 e. The van der Waals surface area contributed by atoms with Crippen LogP contribution < -0.4 is 11.1 Å². The van der Waals surface area contributed by atoms with E-state index >= 15 is 0 Å². The van der Waals surface area contributed by atoms with Gasteiger partial charge in [-0.05, 0) is 14.0 Å². The minimum Gasteiger partial charge on any atom is -0.381 e. The monoisotopic (exact) mass is 155 g/mol. The Morgan fingerprint density at radius 3 is 3.00 bits per heavy atom. The molecule has 0 aromatic carbocycles. The van der Waals surface area contributed by atoms with Gasteiger partial charge in [-0.1, -0.05) is 0 Å². The molecule has 1 rings (SSSR count). The van der Waals surface area contributed by atoms with Gasteiger partial charge >= 0.3 is 0 Å². The highest BCUT2D eigenvalue weighted by Gasteiger charge is 2.00. The minimum absolute atomic E-state index is 0.363. The predicted molar refractivity (Wildman–Crippen MR) is 43.0 cm³/mol. The third-order valence-electron chi connectivity index (χ3n) is 1.48. The summed E-state index contributed by atoms with van der Waals surface area (Å²) in [5.74, 6) is 0.466. The molecule has 0 radical (unpaired) electrons. The van der Waals surface area contributed by atoms with Crippen LogP contribution in [-0.4, -0.2) is 28.1 Å². The van der Waals surface area contributed by atoms with E-state index in [9.17, 15) is 0 Å². The fourth-order valence-electron chi connectivity index (χ4n) is 0.735. The Kier molecular flexibility index (Phi) is 2.43. The van der Waals surface area contributed by atoms with Crippen LogP contribution in [0.1, 0.15) is 6.92 Å². The Balaban J connectivity index is 2.50. The second kappa shape index (κ2) is 3.34. The van der Waals surface area contributed by atoms with Crippen molar-refractivity contribution >= 4 is 5.82 Å². The summed E-state index contributed by atoms with van der Waals surface area (Å²) < 4.78 is 0. The standard InChI is InChI=1S/C6H13N5/c1-5(8-2)4-11-9-3-6(7)10-11/h3,5,8H,4H2,1-2H3,(H2,7,10). The van der Waals surface area contributed by atoms with Gasteiger partial charge in [-0.2, -0.15) is 9.90 Å². The molecule has 0 bridgehead atoms. The van der Waals surface area contributed by atoms with E-state index in [1.165, 1.54) is 0 Å². The van der Waals surface area contributed by atoms with Crippen LogP contribution in [0.5, 0.6) is 0 Å². The molecule has 1 aromatic heterocycles. The lowest BCUT2D eigenvalue weighted by Crippen LogP contribution is -2.27. The van der Waals surface area contributed by atoms with E-state index in [0.717, 1.165) is 6.54 Å². The molecule has 1 aromatic rings. The zero-order chi connectivity index (χ0) is 8.27. The van der Waals surface area contributed by atoms with Crippen molar-refractivity contribution in [2.24, 2.45) is 0 Å². The van der Waals surface area contributed by atoms with E-state index in [2.05, 4.69) is 22.4 Å². The molecule has 0 saturated heterocycles. The second-order valence-corrected chi connectivity index (χ2v) is 2.51. The fourth-order valence-corrected chi connectivity index (χ4v) is 0.735. The smallest absolute Gasteiger partial charge is 0.165 e. The van der Waals surface area contributed by atoms with Crippen LogP contribution in [0.4, 0.5) is 5.82 Å². The van der Waals surface area contributed by atoms with Crippen LogP contribution >= 0.6 is 0 Å². The lowest BCUT2D eigenvalue weighted by atomic mass is 10.3. The highest BCUT2D eigenvalue weighted by Crippen LogP contribution is 1.92. The van der Waals surface area contributed by atoms with Crippen molar-refractivity contribution < 1.29 is 0 Å². The van der Waals surface area contributed by atoms with Gasteiger partial charge in [0.25, 0.3) is 0 Å². The second-order valence-electron chi connectivity index (χ2n) is 2.51. The number of aromatic nitrogens is 3. The average Bonchev–Trinajstić information content (AvgIpc) is 2.35. The Morgan fingerprint density at radius 1 is 1.82 bits per heavy atom. The van der Waals surface area contributed by atoms with E-state index in [-0.39, 0.29) is 0 Å². The molecule has 62 valence electrons. The molecule has 1 heterocycles. The molecule has 1 unspecified atom stereocenters. The zero-order valence-electron chi connectivity index (χ0n) is 6.78. The Bertz CT molecular complexity index is 219. The van der Waals surface area contributed by atoms with Crippen LogP contribution in [0.15, 0.2) is 6.20 Å². The molecule has 1 atom stereocenters. The van der Waals surface area contributed by atoms with Gasteiger partial charge in [-0.25, -0.2) is 0 Å². The predicted octanol–water partition coefficient (Wildman–Crippen LogP) is -0.532. The quantitative estimate of drug-likeness (QED) is 0.615. The number of hydrogen-bond acceptors (Lipinski definition) is 4. The molecule has 0 aliphatic rings. The van der Waals surface area contributed by atoms with Gasteiger partial charge in [-0.15, -0.1) is 5.10 Å². The normalized spacial score (nSPS) is 13.3. The van der Waals surface area contributed by atoms with Crippen molar-refractivity contribution in [2.45, 2.75) is 19.5 Å². The lowest BCUT2D eigenvalue weighted by molar-refractivity contribution is 0.441. The van der Waals surface area contributed by atoms with Crippen molar-refractivity contribution in [2.75, 3.05) is 12.8 Å². The van der Waals surface area contributed by atoms with Crippen molar-refractivity contribution in [1.82, 2.24) is 20.3 Å². The molecule has 0 aliphatic carbocycles. The highest BCUT2D eigenvalue weighted by atomic mass is 15.5. The van der Waals surface area contributed by atoms with Crippen LogP contribution in [0, 0.1) is 0 Å². The summed E-state index contributed by atoms with van der Waals surface area (Å²) >= 11 is 0. The molecule has 0 amide bonds. The van der Waals surface area contributed by atoms with Gasteiger partial charge in [0.05, 0.1) is 12.7 Å². The molecule has 11 heavy (non-hydrogen) atoms. The Morgan fingerprint density at radius 2 is 2.55 bits per heavy atom. The van der Waals surface area contributed by atoms with Crippen molar-refractivity contribution in [3.05, 3.63) is 6.20 Å². The first-order valence-corrected chi connectivity index (χ1v) is 3.55. The highest BCUT2D eigenvalue weighted by molar-refractivity contribution is 5.19. The molecular formula is C6H13N5. The minimum atomic E-state index is 0.363. The fraction of sp³-hybridized carbons (Fsp3) is 0.667. The Hall–Kier alpha value is -1.10. The first kappa shape index (κ1) is 8.00. The number of likely N-dealkylation sites (N-methyl/N-ethyl adjacent to an activating group) is 1. The number of nitrogens with two attached hydrogens (primary N) is 1. The summed E-state index contributed by atoms with van der Waals surface area (Å²) in [4.78, 5) is 1.58. The van der Waals surface area contributed by atoms with Gasteiger partial charge in [0.1, 0.15) is 0 Å². The summed E-state index contributed by atoms with van der Waals surface area (Å²) in [7, 11) is 1.90. The van der Waals surface area contributed by atoms with Gasteiger partial charge < -0.3 is 11.1 Å². The van der Waals surface area contributed by atoms with E-state index in [0.29, 0.717) is 11.9 Å². The van der Waals surface area contributed by atoms with Gasteiger partial charge in [0, 0.05) is 6.04 Å². The maximum absolute atomic E-state index is 5.38. The third kappa shape index (κ3) is 2.19. The van der Waals surface area contributed by atoms with Crippen LogP contribution in [-0.2, 0) is 6.54 Å². The largest absolute Gasteiger partial charge is 0.381 e. The van der Waals surface area contributed by atoms with E-state index in [4.69, 9.17) is 5.73 Å². The third-order valence-corrected chi connectivity index (χ3v) is 1.48. The number of nitrogens with one attached hydrogen (secondary N) is 1. The van der Waals surface area contributed by atoms with Crippen LogP contribution in [0.2, 0.25) is 0 Å². The number of hydrogen-bond donors (Lipinski definition) is 2. The SMILES string of the molecule is CNC(C)Cn1ncc(N)n1. The molecule has 0 spiro atoms. The first-order chi connectivity index (χ1) is 5.22. The molecule has 0 saturated carbocycles. The zero-order valence-corrected chi connectivity index (χ0v) is 6.78. The molecular weight excluding hydrogens is 142 g/mol. The van der Waals surface area contributed by atoms with E-state index < -0.39 is 0 Å². The van der Waals surface area contributed by atoms with E-state index in [1.807, 2.05) is 7.05 Å². The maximum atomic E-state index is 5.38. The number of rotatable bonds is 3. The first-order valence-electron chi connectivity index (χ1n) is 3.55. The van der Waals surface area contributed by atoms with Crippen molar-refractivity contribution in [3.63, 3.8) is 0 Å². The van der Waals surface area contributed by atoms with Crippen molar-refractivity contribution in [3.8, 4) is 0 Å². The van der Waals surface area contributed by atoms with Crippen molar-refractivity contribution in [1.29, 1.82) is 0 Å². The molecule has 5 nitrogen and oxygen atoms in total. The van der Waals surface area contributed by atoms with Crippen LogP contribution in [0.25, 0.3) is 0 Å². The summed E-state index contributed by atoms with van der Waals surface area (Å²) in [6.07, 6.45) is 1.54. The topological polar surface area (TPSA) is 68.8 Å². The van der Waals surface area contributed by atoms with E-state index in [1.54, 1.807) is 11.0 Å². The molecule has 0 aliphatic heterocycles. The van der Waals surface area contributed by atoms with Crippen LogP contribution in [0.3, 0.4) is 0 Å². The Labute approximate surface area is 65.6 Å². The number of anilines is 1. The molecule has 5 heteroatoms. The summed E-state index contributed by atoms with van der Waals surface area (Å²) in [6, 6.07) is 0.363.